The van der Waals surface area contributed by atoms with E-state index < -0.39 is 0 Å². The number of likely N-dealkylation sites (tertiary alicyclic amines) is 1. The predicted octanol–water partition coefficient (Wildman–Crippen LogP) is 3.28. The van der Waals surface area contributed by atoms with E-state index in [0.717, 1.165) is 44.5 Å². The molecule has 6 nitrogen and oxygen atoms in total. The fraction of sp³-hybridized carbons (Fsp3) is 0.750. The molecule has 2 amide bonds. The number of urea groups is 1. The number of rotatable bonds is 6. The molecule has 124 valence electrons. The van der Waals surface area contributed by atoms with E-state index in [2.05, 4.69) is 24.3 Å². The molecule has 2 heterocycles. The van der Waals surface area contributed by atoms with Crippen LogP contribution in [0.25, 0.3) is 0 Å². The number of carbonyl (C=O) groups is 1. The number of ether oxygens (including phenoxy) is 1. The summed E-state index contributed by atoms with van der Waals surface area (Å²) in [6.07, 6.45) is 8.96. The summed E-state index contributed by atoms with van der Waals surface area (Å²) in [5.41, 5.74) is 0.764. The molecule has 1 aromatic rings. The third-order valence-electron chi connectivity index (χ3n) is 4.16. The molecule has 0 bridgehead atoms. The monoisotopic (exact) mass is 308 g/mol. The summed E-state index contributed by atoms with van der Waals surface area (Å²) in [7, 11) is 1.72. The largest absolute Gasteiger partial charge is 0.385 e. The van der Waals surface area contributed by atoms with Gasteiger partial charge in [0.25, 0.3) is 0 Å². The number of anilines is 1. The van der Waals surface area contributed by atoms with Gasteiger partial charge in [-0.05, 0) is 46.0 Å². The van der Waals surface area contributed by atoms with E-state index in [9.17, 15) is 4.79 Å². The molecule has 0 saturated carbocycles. The minimum atomic E-state index is -0.00887. The Kier molecular flexibility index (Phi) is 6.24. The van der Waals surface area contributed by atoms with Gasteiger partial charge in [0.15, 0.2) is 0 Å². The minimum absolute atomic E-state index is 0.00887. The van der Waals surface area contributed by atoms with Crippen molar-refractivity contribution in [2.75, 3.05) is 25.6 Å². The van der Waals surface area contributed by atoms with Crippen molar-refractivity contribution in [1.82, 2.24) is 14.7 Å². The number of methoxy groups -OCH3 is 1. The van der Waals surface area contributed by atoms with Gasteiger partial charge in [0.1, 0.15) is 0 Å². The molecule has 0 aliphatic carbocycles. The second-order valence-corrected chi connectivity index (χ2v) is 6.21. The zero-order chi connectivity index (χ0) is 15.9. The summed E-state index contributed by atoms with van der Waals surface area (Å²) in [4.78, 5) is 14.5. The summed E-state index contributed by atoms with van der Waals surface area (Å²) in [5.74, 6) is 0. The van der Waals surface area contributed by atoms with Crippen LogP contribution in [0.15, 0.2) is 12.4 Å². The molecule has 1 aliphatic heterocycles. The Morgan fingerprint density at radius 1 is 1.50 bits per heavy atom. The van der Waals surface area contributed by atoms with Crippen molar-refractivity contribution in [3.8, 4) is 0 Å². The summed E-state index contributed by atoms with van der Waals surface area (Å²) in [5, 5.41) is 7.24. The first-order valence-corrected chi connectivity index (χ1v) is 8.22. The lowest BCUT2D eigenvalue weighted by Gasteiger charge is -2.35. The Balaban J connectivity index is 1.92. The first-order chi connectivity index (χ1) is 10.6. The molecule has 1 aliphatic rings. The van der Waals surface area contributed by atoms with Gasteiger partial charge in [-0.15, -0.1) is 0 Å². The van der Waals surface area contributed by atoms with Gasteiger partial charge >= 0.3 is 6.03 Å². The molecule has 1 saturated heterocycles. The molecular weight excluding hydrogens is 280 g/mol. The molecule has 2 rings (SSSR count). The van der Waals surface area contributed by atoms with Gasteiger partial charge in [-0.3, -0.25) is 4.68 Å². The second kappa shape index (κ2) is 8.17. The van der Waals surface area contributed by atoms with Gasteiger partial charge < -0.3 is 15.0 Å². The Labute approximate surface area is 132 Å². The highest BCUT2D eigenvalue weighted by Gasteiger charge is 2.26. The van der Waals surface area contributed by atoms with E-state index in [4.69, 9.17) is 4.74 Å². The van der Waals surface area contributed by atoms with E-state index in [0.29, 0.717) is 12.1 Å². The Morgan fingerprint density at radius 3 is 3.00 bits per heavy atom. The van der Waals surface area contributed by atoms with Crippen molar-refractivity contribution in [1.29, 1.82) is 0 Å². The maximum atomic E-state index is 12.5. The maximum Gasteiger partial charge on any atom is 0.322 e. The highest BCUT2D eigenvalue weighted by atomic mass is 16.5. The van der Waals surface area contributed by atoms with Gasteiger partial charge in [0.2, 0.25) is 0 Å². The van der Waals surface area contributed by atoms with Crippen LogP contribution in [-0.2, 0) is 4.74 Å². The number of aromatic nitrogens is 2. The first-order valence-electron chi connectivity index (χ1n) is 8.22. The molecule has 1 N–H and O–H groups in total. The lowest BCUT2D eigenvalue weighted by Crippen LogP contribution is -2.45. The summed E-state index contributed by atoms with van der Waals surface area (Å²) < 4.78 is 6.97. The normalized spacial score (nSPS) is 18.7. The average molecular weight is 308 g/mol. The third kappa shape index (κ3) is 4.47. The topological polar surface area (TPSA) is 59.4 Å². The Bertz CT molecular complexity index is 472. The summed E-state index contributed by atoms with van der Waals surface area (Å²) >= 11 is 0. The molecule has 1 atom stereocenters. The van der Waals surface area contributed by atoms with Crippen molar-refractivity contribution in [2.45, 2.75) is 58.0 Å². The van der Waals surface area contributed by atoms with Crippen molar-refractivity contribution in [3.63, 3.8) is 0 Å². The molecule has 0 aromatic carbocycles. The van der Waals surface area contributed by atoms with Crippen LogP contribution in [0.1, 0.15) is 52.0 Å². The summed E-state index contributed by atoms with van der Waals surface area (Å²) in [6, 6.07) is 0.608. The fourth-order valence-corrected chi connectivity index (χ4v) is 2.91. The first kappa shape index (κ1) is 16.8. The Hall–Kier alpha value is -1.56. The molecule has 1 aromatic heterocycles. The van der Waals surface area contributed by atoms with Gasteiger partial charge in [-0.2, -0.15) is 5.10 Å². The molecule has 0 spiro atoms. The maximum absolute atomic E-state index is 12.5. The number of hydrogen-bond donors (Lipinski definition) is 1. The molecule has 6 heteroatoms. The van der Waals surface area contributed by atoms with Gasteiger partial charge in [0, 0.05) is 38.5 Å². The van der Waals surface area contributed by atoms with Crippen molar-refractivity contribution < 1.29 is 9.53 Å². The predicted molar refractivity (Wildman–Crippen MR) is 87.1 cm³/mol. The number of hydrogen-bond acceptors (Lipinski definition) is 3. The van der Waals surface area contributed by atoms with Crippen molar-refractivity contribution in [3.05, 3.63) is 12.4 Å². The van der Waals surface area contributed by atoms with Crippen LogP contribution in [0.5, 0.6) is 0 Å². The lowest BCUT2D eigenvalue weighted by molar-refractivity contribution is 0.141. The van der Waals surface area contributed by atoms with E-state index >= 15 is 0 Å². The number of carbonyl (C=O) groups excluding carboxylic acids is 1. The van der Waals surface area contributed by atoms with Crippen LogP contribution < -0.4 is 5.32 Å². The van der Waals surface area contributed by atoms with Gasteiger partial charge in [-0.1, -0.05) is 0 Å². The number of nitrogens with zero attached hydrogens (tertiary/aromatic N) is 3. The van der Waals surface area contributed by atoms with Crippen LogP contribution in [0, 0.1) is 0 Å². The lowest BCUT2D eigenvalue weighted by atomic mass is 9.98. The summed E-state index contributed by atoms with van der Waals surface area (Å²) in [6.45, 7) is 5.72. The third-order valence-corrected chi connectivity index (χ3v) is 4.16. The van der Waals surface area contributed by atoms with Crippen LogP contribution in [0.4, 0.5) is 10.5 Å². The molecule has 22 heavy (non-hydrogen) atoms. The molecule has 1 fully saturated rings. The van der Waals surface area contributed by atoms with E-state index in [1.165, 1.54) is 6.42 Å². The number of amides is 2. The van der Waals surface area contributed by atoms with Crippen LogP contribution in [0.3, 0.4) is 0 Å². The SMILES string of the molecule is COCCC[C@@H]1CCCCN1C(=O)Nc1cnn(C(C)C)c1. The quantitative estimate of drug-likeness (QED) is 0.820. The van der Waals surface area contributed by atoms with Crippen LogP contribution >= 0.6 is 0 Å². The number of piperidine rings is 1. The van der Waals surface area contributed by atoms with E-state index in [1.54, 1.807) is 13.3 Å². The van der Waals surface area contributed by atoms with Crippen molar-refractivity contribution in [2.24, 2.45) is 0 Å². The second-order valence-electron chi connectivity index (χ2n) is 6.21. The molecular formula is C16H28N4O2. The van der Waals surface area contributed by atoms with E-state index in [-0.39, 0.29) is 6.03 Å². The fourth-order valence-electron chi connectivity index (χ4n) is 2.91. The van der Waals surface area contributed by atoms with Crippen LogP contribution in [-0.4, -0.2) is 47.0 Å². The van der Waals surface area contributed by atoms with Gasteiger partial charge in [-0.25, -0.2) is 4.79 Å². The highest BCUT2D eigenvalue weighted by molar-refractivity contribution is 5.89. The zero-order valence-corrected chi connectivity index (χ0v) is 13.9. The van der Waals surface area contributed by atoms with Gasteiger partial charge in [0.05, 0.1) is 11.9 Å². The van der Waals surface area contributed by atoms with Crippen molar-refractivity contribution >= 4 is 11.7 Å². The molecule has 0 radical (unpaired) electrons. The van der Waals surface area contributed by atoms with Crippen LogP contribution in [0.2, 0.25) is 0 Å². The minimum Gasteiger partial charge on any atom is -0.385 e. The zero-order valence-electron chi connectivity index (χ0n) is 13.9. The smallest absolute Gasteiger partial charge is 0.322 e. The van der Waals surface area contributed by atoms with E-state index in [1.807, 2.05) is 15.8 Å². The average Bonchev–Trinajstić information content (AvgIpc) is 2.97. The Morgan fingerprint density at radius 2 is 2.32 bits per heavy atom. The standard InChI is InChI=1S/C16H28N4O2/c1-13(2)20-12-14(11-17-20)18-16(21)19-9-5-4-7-15(19)8-6-10-22-3/h11-13,15H,4-10H2,1-3H3,(H,18,21)/t15-/m0/s1. The number of nitrogens with one attached hydrogen (secondary N) is 1. The highest BCUT2D eigenvalue weighted by Crippen LogP contribution is 2.22. The molecule has 0 unspecified atom stereocenters.